The van der Waals surface area contributed by atoms with Crippen LogP contribution in [0.15, 0.2) is 12.1 Å². The minimum atomic E-state index is 0.0598. The predicted molar refractivity (Wildman–Crippen MR) is 73.6 cm³/mol. The molecule has 1 rings (SSSR count). The Kier molecular flexibility index (Phi) is 6.06. The van der Waals surface area contributed by atoms with Crippen molar-refractivity contribution in [3.8, 4) is 0 Å². The van der Waals surface area contributed by atoms with E-state index in [0.29, 0.717) is 5.92 Å². The topological polar surface area (TPSA) is 29.1 Å². The summed E-state index contributed by atoms with van der Waals surface area (Å²) in [7, 11) is 0. The van der Waals surface area contributed by atoms with Gasteiger partial charge in [-0.15, -0.1) is 11.3 Å². The monoisotopic (exact) mass is 303 g/mol. The van der Waals surface area contributed by atoms with Gasteiger partial charge in [-0.2, -0.15) is 0 Å². The van der Waals surface area contributed by atoms with Crippen LogP contribution in [0, 0.1) is 12.8 Å². The predicted octanol–water partition coefficient (Wildman–Crippen LogP) is 3.60. The highest BCUT2D eigenvalue weighted by atomic mass is 79.9. The normalized spacial score (nSPS) is 12.4. The molecule has 90 valence electrons. The van der Waals surface area contributed by atoms with E-state index in [1.165, 1.54) is 4.88 Å². The smallest absolute Gasteiger partial charge is 0.261 e. The fraction of sp³-hybridized carbons (Fsp3) is 0.583. The molecule has 1 N–H and O–H groups in total. The summed E-state index contributed by atoms with van der Waals surface area (Å²) in [5.41, 5.74) is 0. The van der Waals surface area contributed by atoms with Crippen molar-refractivity contribution >= 4 is 33.2 Å². The number of halogens is 1. The van der Waals surface area contributed by atoms with Gasteiger partial charge in [-0.25, -0.2) is 0 Å². The van der Waals surface area contributed by atoms with Gasteiger partial charge in [-0.1, -0.05) is 22.9 Å². The largest absolute Gasteiger partial charge is 0.351 e. The Morgan fingerprint density at radius 3 is 2.88 bits per heavy atom. The molecule has 0 aliphatic heterocycles. The van der Waals surface area contributed by atoms with Crippen molar-refractivity contribution in [2.24, 2.45) is 5.92 Å². The van der Waals surface area contributed by atoms with Crippen LogP contribution in [0.1, 0.15) is 34.3 Å². The van der Waals surface area contributed by atoms with Crippen LogP contribution in [-0.4, -0.2) is 17.8 Å². The fourth-order valence-electron chi connectivity index (χ4n) is 1.37. The molecule has 0 radical (unpaired) electrons. The lowest BCUT2D eigenvalue weighted by Crippen LogP contribution is -2.23. The molecular formula is C12H18BrNOS. The van der Waals surface area contributed by atoms with Gasteiger partial charge in [-0.3, -0.25) is 4.79 Å². The van der Waals surface area contributed by atoms with E-state index in [1.54, 1.807) is 11.3 Å². The van der Waals surface area contributed by atoms with Gasteiger partial charge in [-0.05, 0) is 37.8 Å². The maximum atomic E-state index is 11.7. The summed E-state index contributed by atoms with van der Waals surface area (Å²) in [6, 6.07) is 3.86. The zero-order valence-electron chi connectivity index (χ0n) is 9.75. The first-order chi connectivity index (χ1) is 7.63. The molecule has 16 heavy (non-hydrogen) atoms. The summed E-state index contributed by atoms with van der Waals surface area (Å²) < 4.78 is 0. The van der Waals surface area contributed by atoms with Crippen molar-refractivity contribution < 1.29 is 4.79 Å². The molecule has 1 unspecified atom stereocenters. The van der Waals surface area contributed by atoms with E-state index in [-0.39, 0.29) is 5.91 Å². The highest BCUT2D eigenvalue weighted by Gasteiger charge is 2.07. The van der Waals surface area contributed by atoms with Gasteiger partial charge in [0, 0.05) is 16.8 Å². The van der Waals surface area contributed by atoms with Gasteiger partial charge in [0.2, 0.25) is 0 Å². The molecule has 0 spiro atoms. The number of thiophene rings is 1. The maximum absolute atomic E-state index is 11.7. The zero-order chi connectivity index (χ0) is 12.0. The van der Waals surface area contributed by atoms with Gasteiger partial charge < -0.3 is 5.32 Å². The summed E-state index contributed by atoms with van der Waals surface area (Å²) in [5, 5.41) is 3.98. The first-order valence-corrected chi connectivity index (χ1v) is 7.48. The lowest BCUT2D eigenvalue weighted by atomic mass is 10.1. The number of amides is 1. The zero-order valence-corrected chi connectivity index (χ0v) is 12.2. The first kappa shape index (κ1) is 13.7. The van der Waals surface area contributed by atoms with E-state index in [0.717, 1.165) is 29.6 Å². The van der Waals surface area contributed by atoms with Gasteiger partial charge in [0.05, 0.1) is 4.88 Å². The molecule has 0 saturated heterocycles. The van der Waals surface area contributed by atoms with Crippen LogP contribution in [0.3, 0.4) is 0 Å². The summed E-state index contributed by atoms with van der Waals surface area (Å²) >= 11 is 4.99. The lowest BCUT2D eigenvalue weighted by Gasteiger charge is -2.07. The Labute approximate surface area is 110 Å². The minimum Gasteiger partial charge on any atom is -0.351 e. The van der Waals surface area contributed by atoms with E-state index in [4.69, 9.17) is 0 Å². The second-order valence-corrected chi connectivity index (χ2v) is 6.00. The molecule has 0 aromatic carbocycles. The molecule has 0 aliphatic rings. The van der Waals surface area contributed by atoms with E-state index >= 15 is 0 Å². The molecular weight excluding hydrogens is 286 g/mol. The molecule has 0 fully saturated rings. The number of carbonyl (C=O) groups is 1. The van der Waals surface area contributed by atoms with Crippen molar-refractivity contribution in [3.05, 3.63) is 21.9 Å². The summed E-state index contributed by atoms with van der Waals surface area (Å²) in [4.78, 5) is 13.7. The molecule has 0 saturated carbocycles. The third kappa shape index (κ3) is 4.66. The van der Waals surface area contributed by atoms with Crippen molar-refractivity contribution in [2.75, 3.05) is 11.9 Å². The molecule has 4 heteroatoms. The number of hydrogen-bond acceptors (Lipinski definition) is 2. The van der Waals surface area contributed by atoms with E-state index in [1.807, 2.05) is 19.1 Å². The third-order valence-corrected chi connectivity index (χ3v) is 4.49. The van der Waals surface area contributed by atoms with Crippen molar-refractivity contribution in [2.45, 2.75) is 26.7 Å². The van der Waals surface area contributed by atoms with Gasteiger partial charge in [0.15, 0.2) is 0 Å². The molecule has 1 atom stereocenters. The number of carbonyl (C=O) groups excluding carboxylic acids is 1. The molecule has 1 aromatic rings. The molecule has 1 aromatic heterocycles. The molecule has 1 heterocycles. The standard InChI is InChI=1S/C12H18BrNOS/c1-9(8-13)4-3-7-14-12(15)11-6-5-10(2)16-11/h5-6,9H,3-4,7-8H2,1-2H3,(H,14,15). The van der Waals surface area contributed by atoms with E-state index in [2.05, 4.69) is 28.2 Å². The molecule has 2 nitrogen and oxygen atoms in total. The highest BCUT2D eigenvalue weighted by Crippen LogP contribution is 2.14. The fourth-order valence-corrected chi connectivity index (χ4v) is 2.48. The number of hydrogen-bond donors (Lipinski definition) is 1. The highest BCUT2D eigenvalue weighted by molar-refractivity contribution is 9.09. The summed E-state index contributed by atoms with van der Waals surface area (Å²) in [6.07, 6.45) is 2.19. The Hall–Kier alpha value is -0.350. The average molecular weight is 304 g/mol. The van der Waals surface area contributed by atoms with Crippen LogP contribution in [0.25, 0.3) is 0 Å². The lowest BCUT2D eigenvalue weighted by molar-refractivity contribution is 0.0956. The van der Waals surface area contributed by atoms with Crippen LogP contribution in [0.4, 0.5) is 0 Å². The SMILES string of the molecule is Cc1ccc(C(=O)NCCCC(C)CBr)s1. The second kappa shape index (κ2) is 7.07. The third-order valence-electron chi connectivity index (χ3n) is 2.39. The molecule has 1 amide bonds. The maximum Gasteiger partial charge on any atom is 0.261 e. The van der Waals surface area contributed by atoms with Crippen LogP contribution >= 0.6 is 27.3 Å². The second-order valence-electron chi connectivity index (χ2n) is 4.07. The van der Waals surface area contributed by atoms with Gasteiger partial charge in [0.1, 0.15) is 0 Å². The molecule has 0 aliphatic carbocycles. The van der Waals surface area contributed by atoms with Crippen molar-refractivity contribution in [1.82, 2.24) is 5.32 Å². The minimum absolute atomic E-state index is 0.0598. The number of alkyl halides is 1. The number of rotatable bonds is 6. The van der Waals surface area contributed by atoms with Crippen LogP contribution in [0.5, 0.6) is 0 Å². The summed E-state index contributed by atoms with van der Waals surface area (Å²) in [6.45, 7) is 4.99. The molecule has 0 bridgehead atoms. The Morgan fingerprint density at radius 2 is 2.31 bits per heavy atom. The van der Waals surface area contributed by atoms with Crippen molar-refractivity contribution in [1.29, 1.82) is 0 Å². The van der Waals surface area contributed by atoms with Crippen LogP contribution in [0.2, 0.25) is 0 Å². The first-order valence-electron chi connectivity index (χ1n) is 5.54. The Balaban J connectivity index is 2.21. The number of aryl methyl sites for hydroxylation is 1. The van der Waals surface area contributed by atoms with Crippen molar-refractivity contribution in [3.63, 3.8) is 0 Å². The van der Waals surface area contributed by atoms with E-state index < -0.39 is 0 Å². The van der Waals surface area contributed by atoms with E-state index in [9.17, 15) is 4.79 Å². The summed E-state index contributed by atoms with van der Waals surface area (Å²) in [5.74, 6) is 0.741. The van der Waals surface area contributed by atoms with Crippen LogP contribution in [-0.2, 0) is 0 Å². The van der Waals surface area contributed by atoms with Crippen LogP contribution < -0.4 is 5.32 Å². The quantitative estimate of drug-likeness (QED) is 0.631. The Morgan fingerprint density at radius 1 is 1.56 bits per heavy atom. The average Bonchev–Trinajstić information content (AvgIpc) is 2.70. The number of nitrogens with one attached hydrogen (secondary N) is 1. The van der Waals surface area contributed by atoms with Gasteiger partial charge in [0.25, 0.3) is 5.91 Å². The Bertz CT molecular complexity index is 338. The van der Waals surface area contributed by atoms with Gasteiger partial charge >= 0.3 is 0 Å².